The Balaban J connectivity index is 1.62. The number of aryl methyl sites for hydroxylation is 1. The normalized spacial score (nSPS) is 11.9. The van der Waals surface area contributed by atoms with Crippen LogP contribution in [0.15, 0.2) is 67.0 Å². The minimum atomic E-state index is 0.459. The van der Waals surface area contributed by atoms with Gasteiger partial charge in [-0.3, -0.25) is 9.88 Å². The zero-order valence-electron chi connectivity index (χ0n) is 15.7. The van der Waals surface area contributed by atoms with Crippen LogP contribution in [0.1, 0.15) is 25.0 Å². The summed E-state index contributed by atoms with van der Waals surface area (Å²) >= 11 is 0. The van der Waals surface area contributed by atoms with Crippen molar-refractivity contribution in [3.63, 3.8) is 0 Å². The summed E-state index contributed by atoms with van der Waals surface area (Å²) in [6.45, 7) is 6.36. The molecule has 0 spiro atoms. The van der Waals surface area contributed by atoms with E-state index in [9.17, 15) is 0 Å². The number of hydrogen-bond acceptors (Lipinski definition) is 2. The van der Waals surface area contributed by atoms with Crippen molar-refractivity contribution < 1.29 is 0 Å². The standard InChI is InChI=1S/C23H25N3/c1-17(2)26(14-18-12-19-8-4-6-10-22(19)24-13-18)16-20-15-25(3)23-11-7-5-9-21(20)23/h4-13,15,17H,14,16H2,1-3H3. The molecule has 132 valence electrons. The Morgan fingerprint density at radius 3 is 2.62 bits per heavy atom. The van der Waals surface area contributed by atoms with E-state index in [0.717, 1.165) is 18.6 Å². The Bertz CT molecular complexity index is 1050. The van der Waals surface area contributed by atoms with Crippen molar-refractivity contribution in [2.75, 3.05) is 0 Å². The second-order valence-electron chi connectivity index (χ2n) is 7.32. The summed E-state index contributed by atoms with van der Waals surface area (Å²) in [5, 5.41) is 2.55. The molecule has 2 heterocycles. The van der Waals surface area contributed by atoms with Gasteiger partial charge in [-0.05, 0) is 43.2 Å². The van der Waals surface area contributed by atoms with Crippen LogP contribution >= 0.6 is 0 Å². The van der Waals surface area contributed by atoms with Crippen molar-refractivity contribution in [2.45, 2.75) is 33.0 Å². The molecular formula is C23H25N3. The van der Waals surface area contributed by atoms with E-state index in [1.807, 2.05) is 12.3 Å². The first-order chi connectivity index (χ1) is 12.6. The van der Waals surface area contributed by atoms with Gasteiger partial charge in [-0.25, -0.2) is 0 Å². The molecule has 4 rings (SSSR count). The highest BCUT2D eigenvalue weighted by molar-refractivity contribution is 5.83. The van der Waals surface area contributed by atoms with Gasteiger partial charge in [0.2, 0.25) is 0 Å². The number of aromatic nitrogens is 2. The molecule has 0 atom stereocenters. The van der Waals surface area contributed by atoms with Crippen LogP contribution in [-0.2, 0) is 20.1 Å². The second kappa shape index (κ2) is 6.93. The van der Waals surface area contributed by atoms with E-state index in [0.29, 0.717) is 6.04 Å². The van der Waals surface area contributed by atoms with Crippen LogP contribution in [0.5, 0.6) is 0 Å². The molecule has 0 aliphatic heterocycles. The van der Waals surface area contributed by atoms with Gasteiger partial charge in [0.25, 0.3) is 0 Å². The smallest absolute Gasteiger partial charge is 0.0702 e. The van der Waals surface area contributed by atoms with Gasteiger partial charge >= 0.3 is 0 Å². The molecule has 2 aromatic heterocycles. The van der Waals surface area contributed by atoms with Crippen molar-refractivity contribution in [1.29, 1.82) is 0 Å². The Morgan fingerprint density at radius 2 is 1.77 bits per heavy atom. The predicted molar refractivity (Wildman–Crippen MR) is 109 cm³/mol. The summed E-state index contributed by atoms with van der Waals surface area (Å²) in [4.78, 5) is 7.13. The van der Waals surface area contributed by atoms with Crippen molar-refractivity contribution in [3.05, 3.63) is 78.1 Å². The van der Waals surface area contributed by atoms with Gasteiger partial charge in [0.1, 0.15) is 0 Å². The molecule has 0 bridgehead atoms. The molecule has 26 heavy (non-hydrogen) atoms. The number of rotatable bonds is 5. The molecule has 0 aliphatic rings. The van der Waals surface area contributed by atoms with Gasteiger partial charge < -0.3 is 4.57 Å². The summed E-state index contributed by atoms with van der Waals surface area (Å²) in [6.07, 6.45) is 4.28. The molecule has 0 unspecified atom stereocenters. The van der Waals surface area contributed by atoms with Crippen LogP contribution in [-0.4, -0.2) is 20.5 Å². The molecule has 0 radical (unpaired) electrons. The third-order valence-corrected chi connectivity index (χ3v) is 5.12. The Labute approximate surface area is 154 Å². The van der Waals surface area contributed by atoms with E-state index < -0.39 is 0 Å². The number of para-hydroxylation sites is 2. The van der Waals surface area contributed by atoms with E-state index in [-0.39, 0.29) is 0 Å². The number of benzene rings is 2. The number of pyridine rings is 1. The van der Waals surface area contributed by atoms with E-state index in [2.05, 4.69) is 90.1 Å². The van der Waals surface area contributed by atoms with E-state index in [4.69, 9.17) is 0 Å². The minimum Gasteiger partial charge on any atom is -0.350 e. The summed E-state index contributed by atoms with van der Waals surface area (Å²) in [5.41, 5.74) is 4.99. The van der Waals surface area contributed by atoms with Gasteiger partial charge in [0, 0.05) is 54.9 Å². The van der Waals surface area contributed by atoms with E-state index in [1.165, 1.54) is 27.4 Å². The van der Waals surface area contributed by atoms with Crippen molar-refractivity contribution >= 4 is 21.8 Å². The molecule has 0 saturated carbocycles. The molecule has 0 aliphatic carbocycles. The number of nitrogens with zero attached hydrogens (tertiary/aromatic N) is 3. The lowest BCUT2D eigenvalue weighted by Crippen LogP contribution is -2.29. The first kappa shape index (κ1) is 16.8. The van der Waals surface area contributed by atoms with Gasteiger partial charge in [0.05, 0.1) is 5.52 Å². The fourth-order valence-electron chi connectivity index (χ4n) is 3.63. The fourth-order valence-corrected chi connectivity index (χ4v) is 3.63. The maximum atomic E-state index is 4.62. The van der Waals surface area contributed by atoms with Crippen molar-refractivity contribution in [1.82, 2.24) is 14.5 Å². The average molecular weight is 343 g/mol. The largest absolute Gasteiger partial charge is 0.350 e. The number of fused-ring (bicyclic) bond motifs is 2. The number of hydrogen-bond donors (Lipinski definition) is 0. The van der Waals surface area contributed by atoms with Crippen LogP contribution in [0.25, 0.3) is 21.8 Å². The highest BCUT2D eigenvalue weighted by Crippen LogP contribution is 2.24. The summed E-state index contributed by atoms with van der Waals surface area (Å²) in [5.74, 6) is 0. The third-order valence-electron chi connectivity index (χ3n) is 5.12. The van der Waals surface area contributed by atoms with Crippen molar-refractivity contribution in [2.24, 2.45) is 7.05 Å². The molecule has 0 fully saturated rings. The van der Waals surface area contributed by atoms with E-state index >= 15 is 0 Å². The predicted octanol–water partition coefficient (Wildman–Crippen LogP) is 5.14. The highest BCUT2D eigenvalue weighted by Gasteiger charge is 2.15. The minimum absolute atomic E-state index is 0.459. The summed E-state index contributed by atoms with van der Waals surface area (Å²) in [7, 11) is 2.12. The first-order valence-electron chi connectivity index (χ1n) is 9.22. The lowest BCUT2D eigenvalue weighted by atomic mass is 10.1. The summed E-state index contributed by atoms with van der Waals surface area (Å²) in [6, 6.07) is 19.7. The Morgan fingerprint density at radius 1 is 1.00 bits per heavy atom. The van der Waals surface area contributed by atoms with Gasteiger partial charge in [-0.15, -0.1) is 0 Å². The maximum absolute atomic E-state index is 4.62. The summed E-state index contributed by atoms with van der Waals surface area (Å²) < 4.78 is 2.22. The highest BCUT2D eigenvalue weighted by atomic mass is 15.1. The lowest BCUT2D eigenvalue weighted by molar-refractivity contribution is 0.204. The molecule has 0 saturated heterocycles. The molecule has 3 nitrogen and oxygen atoms in total. The van der Waals surface area contributed by atoms with Gasteiger partial charge in [-0.2, -0.15) is 0 Å². The first-order valence-corrected chi connectivity index (χ1v) is 9.22. The Hall–Kier alpha value is -2.65. The lowest BCUT2D eigenvalue weighted by Gasteiger charge is -2.26. The SMILES string of the molecule is CC(C)N(Cc1cnc2ccccc2c1)Cc1cn(C)c2ccccc12. The van der Waals surface area contributed by atoms with E-state index in [1.54, 1.807) is 0 Å². The Kier molecular flexibility index (Phi) is 4.48. The third kappa shape index (κ3) is 3.23. The van der Waals surface area contributed by atoms with Crippen LogP contribution < -0.4 is 0 Å². The zero-order valence-corrected chi connectivity index (χ0v) is 15.7. The monoisotopic (exact) mass is 343 g/mol. The quantitative estimate of drug-likeness (QED) is 0.500. The molecule has 2 aromatic carbocycles. The van der Waals surface area contributed by atoms with Crippen LogP contribution in [0.2, 0.25) is 0 Å². The van der Waals surface area contributed by atoms with Gasteiger partial charge in [0.15, 0.2) is 0 Å². The average Bonchev–Trinajstić information content (AvgIpc) is 2.97. The molecule has 3 heteroatoms. The van der Waals surface area contributed by atoms with Gasteiger partial charge in [-0.1, -0.05) is 36.4 Å². The molecule has 0 amide bonds. The fraction of sp³-hybridized carbons (Fsp3) is 0.261. The zero-order chi connectivity index (χ0) is 18.1. The maximum Gasteiger partial charge on any atom is 0.0702 e. The second-order valence-corrected chi connectivity index (χ2v) is 7.32. The van der Waals surface area contributed by atoms with Crippen LogP contribution in [0.4, 0.5) is 0 Å². The molecule has 4 aromatic rings. The topological polar surface area (TPSA) is 21.1 Å². The van der Waals surface area contributed by atoms with Crippen LogP contribution in [0, 0.1) is 0 Å². The molecule has 0 N–H and O–H groups in total. The molecular weight excluding hydrogens is 318 g/mol. The van der Waals surface area contributed by atoms with Crippen LogP contribution in [0.3, 0.4) is 0 Å². The van der Waals surface area contributed by atoms with Crippen molar-refractivity contribution in [3.8, 4) is 0 Å².